The molecule has 0 aliphatic rings. The van der Waals surface area contributed by atoms with Gasteiger partial charge in [0.15, 0.2) is 0 Å². The first-order chi connectivity index (χ1) is 3.98. The van der Waals surface area contributed by atoms with Crippen LogP contribution >= 0.6 is 0 Å². The molecule has 2 N–H and O–H groups in total. The lowest BCUT2D eigenvalue weighted by atomic mass is 9.88. The van der Waals surface area contributed by atoms with Crippen molar-refractivity contribution in [2.45, 2.75) is 32.7 Å². The fourth-order valence-electron chi connectivity index (χ4n) is 0.554. The Morgan fingerprint density at radius 3 is 2.22 bits per heavy atom. The van der Waals surface area contributed by atoms with Crippen molar-refractivity contribution in [1.82, 2.24) is 0 Å². The minimum absolute atomic E-state index is 0.0613. The highest BCUT2D eigenvalue weighted by Gasteiger charge is 2.18. The number of rotatable bonds is 3. The summed E-state index contributed by atoms with van der Waals surface area (Å²) in [6.07, 6.45) is 2.92. The molecule has 9 heavy (non-hydrogen) atoms. The van der Waals surface area contributed by atoms with Gasteiger partial charge in [0.1, 0.15) is 0 Å². The smallest absolute Gasteiger partial charge is 0.0126 e. The van der Waals surface area contributed by atoms with E-state index in [1.165, 1.54) is 0 Å². The summed E-state index contributed by atoms with van der Waals surface area (Å²) < 4.78 is 0. The van der Waals surface area contributed by atoms with E-state index in [2.05, 4.69) is 13.5 Å². The molecule has 0 aliphatic heterocycles. The second kappa shape index (κ2) is 3.02. The van der Waals surface area contributed by atoms with E-state index in [-0.39, 0.29) is 5.54 Å². The Hall–Kier alpha value is -0.300. The van der Waals surface area contributed by atoms with Crippen molar-refractivity contribution in [2.75, 3.05) is 0 Å². The van der Waals surface area contributed by atoms with Crippen LogP contribution in [0.25, 0.3) is 0 Å². The molecule has 54 valence electrons. The third-order valence-corrected chi connectivity index (χ3v) is 1.79. The highest BCUT2D eigenvalue weighted by Crippen LogP contribution is 2.16. The predicted octanol–water partition coefficient (Wildman–Crippen LogP) is 1.94. The highest BCUT2D eigenvalue weighted by atomic mass is 14.7. The molecule has 0 saturated heterocycles. The van der Waals surface area contributed by atoms with Crippen LogP contribution in [0.2, 0.25) is 0 Å². The average molecular weight is 127 g/mol. The summed E-state index contributed by atoms with van der Waals surface area (Å²) in [7, 11) is 0. The van der Waals surface area contributed by atoms with E-state index in [1.54, 1.807) is 0 Å². The van der Waals surface area contributed by atoms with Crippen molar-refractivity contribution in [2.24, 2.45) is 11.7 Å². The zero-order chi connectivity index (χ0) is 7.49. The Morgan fingerprint density at radius 2 is 2.11 bits per heavy atom. The summed E-state index contributed by atoms with van der Waals surface area (Å²) >= 11 is 0. The molecule has 0 aromatic heterocycles. The van der Waals surface area contributed by atoms with Crippen LogP contribution in [0.3, 0.4) is 0 Å². The average Bonchev–Trinajstić information content (AvgIpc) is 1.64. The first-order valence-corrected chi connectivity index (χ1v) is 3.38. The summed E-state index contributed by atoms with van der Waals surface area (Å²) in [4.78, 5) is 0. The minimum atomic E-state index is -0.0613. The van der Waals surface area contributed by atoms with E-state index < -0.39 is 0 Å². The number of hydrogen-bond donors (Lipinski definition) is 1. The standard InChI is InChI=1S/C8H17N/c1-5-6-7(2)8(3,4)9/h5,7H,1,6,9H2,2-4H3. The molecule has 0 aromatic carbocycles. The predicted molar refractivity (Wildman–Crippen MR) is 42.2 cm³/mol. The molecule has 0 aromatic rings. The third-order valence-electron chi connectivity index (χ3n) is 1.79. The molecule has 1 nitrogen and oxygen atoms in total. The second-order valence-corrected chi connectivity index (χ2v) is 3.25. The van der Waals surface area contributed by atoms with Crippen LogP contribution in [-0.4, -0.2) is 5.54 Å². The zero-order valence-corrected chi connectivity index (χ0v) is 6.65. The van der Waals surface area contributed by atoms with Crippen LogP contribution in [-0.2, 0) is 0 Å². The van der Waals surface area contributed by atoms with Gasteiger partial charge < -0.3 is 5.73 Å². The highest BCUT2D eigenvalue weighted by molar-refractivity contribution is 4.84. The van der Waals surface area contributed by atoms with Gasteiger partial charge in [-0.25, -0.2) is 0 Å². The van der Waals surface area contributed by atoms with Gasteiger partial charge in [0.25, 0.3) is 0 Å². The van der Waals surface area contributed by atoms with Crippen LogP contribution in [0.5, 0.6) is 0 Å². The maximum atomic E-state index is 5.82. The Morgan fingerprint density at radius 1 is 1.67 bits per heavy atom. The van der Waals surface area contributed by atoms with E-state index in [1.807, 2.05) is 19.9 Å². The Balaban J connectivity index is 3.72. The van der Waals surface area contributed by atoms with Gasteiger partial charge in [0.2, 0.25) is 0 Å². The van der Waals surface area contributed by atoms with E-state index in [0.29, 0.717) is 5.92 Å². The molecular formula is C8H17N. The van der Waals surface area contributed by atoms with Crippen LogP contribution in [0.4, 0.5) is 0 Å². The molecule has 0 heterocycles. The van der Waals surface area contributed by atoms with Gasteiger partial charge in [0.05, 0.1) is 0 Å². The summed E-state index contributed by atoms with van der Waals surface area (Å²) in [6.45, 7) is 9.88. The molecular weight excluding hydrogens is 110 g/mol. The van der Waals surface area contributed by atoms with Crippen LogP contribution in [0.1, 0.15) is 27.2 Å². The molecule has 1 heteroatoms. The molecule has 1 unspecified atom stereocenters. The zero-order valence-electron chi connectivity index (χ0n) is 6.65. The SMILES string of the molecule is C=CCC(C)C(C)(C)N. The van der Waals surface area contributed by atoms with Gasteiger partial charge in [-0.3, -0.25) is 0 Å². The van der Waals surface area contributed by atoms with Gasteiger partial charge in [-0.2, -0.15) is 0 Å². The maximum Gasteiger partial charge on any atom is 0.0126 e. The van der Waals surface area contributed by atoms with Crippen molar-refractivity contribution >= 4 is 0 Å². The first kappa shape index (κ1) is 8.70. The van der Waals surface area contributed by atoms with E-state index in [4.69, 9.17) is 5.73 Å². The summed E-state index contributed by atoms with van der Waals surface area (Å²) in [6, 6.07) is 0. The lowest BCUT2D eigenvalue weighted by Gasteiger charge is -2.25. The van der Waals surface area contributed by atoms with Crippen LogP contribution < -0.4 is 5.73 Å². The maximum absolute atomic E-state index is 5.82. The monoisotopic (exact) mass is 127 g/mol. The normalized spacial score (nSPS) is 15.1. The van der Waals surface area contributed by atoms with Gasteiger partial charge in [-0.15, -0.1) is 6.58 Å². The quantitative estimate of drug-likeness (QED) is 0.576. The molecule has 0 radical (unpaired) electrons. The third kappa shape index (κ3) is 3.31. The molecule has 0 rings (SSSR count). The lowest BCUT2D eigenvalue weighted by molar-refractivity contribution is 0.349. The summed E-state index contributed by atoms with van der Waals surface area (Å²) in [5.74, 6) is 0.523. The fraction of sp³-hybridized carbons (Fsp3) is 0.750. The Labute approximate surface area is 57.9 Å². The van der Waals surface area contributed by atoms with E-state index in [0.717, 1.165) is 6.42 Å². The van der Waals surface area contributed by atoms with Crippen molar-refractivity contribution in [3.63, 3.8) is 0 Å². The number of allylic oxidation sites excluding steroid dienone is 1. The first-order valence-electron chi connectivity index (χ1n) is 3.38. The summed E-state index contributed by atoms with van der Waals surface area (Å²) in [5.41, 5.74) is 5.76. The molecule has 1 atom stereocenters. The fourth-order valence-corrected chi connectivity index (χ4v) is 0.554. The second-order valence-electron chi connectivity index (χ2n) is 3.25. The Bertz CT molecular complexity index is 89.2. The molecule has 0 bridgehead atoms. The molecule has 0 saturated carbocycles. The van der Waals surface area contributed by atoms with Crippen LogP contribution in [0, 0.1) is 5.92 Å². The Kier molecular flexibility index (Phi) is 2.92. The van der Waals surface area contributed by atoms with E-state index >= 15 is 0 Å². The molecule has 0 aliphatic carbocycles. The largest absolute Gasteiger partial charge is 0.325 e. The van der Waals surface area contributed by atoms with Gasteiger partial charge >= 0.3 is 0 Å². The summed E-state index contributed by atoms with van der Waals surface area (Å²) in [5, 5.41) is 0. The van der Waals surface area contributed by atoms with Gasteiger partial charge in [-0.1, -0.05) is 13.0 Å². The molecule has 0 fully saturated rings. The van der Waals surface area contributed by atoms with Gasteiger partial charge in [0, 0.05) is 5.54 Å². The van der Waals surface area contributed by atoms with Crippen molar-refractivity contribution < 1.29 is 0 Å². The lowest BCUT2D eigenvalue weighted by Crippen LogP contribution is -2.39. The van der Waals surface area contributed by atoms with Crippen molar-refractivity contribution in [3.8, 4) is 0 Å². The van der Waals surface area contributed by atoms with Crippen molar-refractivity contribution in [1.29, 1.82) is 0 Å². The number of nitrogens with two attached hydrogens (primary N) is 1. The van der Waals surface area contributed by atoms with Crippen molar-refractivity contribution in [3.05, 3.63) is 12.7 Å². The minimum Gasteiger partial charge on any atom is -0.325 e. The van der Waals surface area contributed by atoms with E-state index in [9.17, 15) is 0 Å². The number of hydrogen-bond acceptors (Lipinski definition) is 1. The van der Waals surface area contributed by atoms with Crippen LogP contribution in [0.15, 0.2) is 12.7 Å². The van der Waals surface area contributed by atoms with Gasteiger partial charge in [-0.05, 0) is 26.2 Å². The molecule has 0 spiro atoms. The molecule has 0 amide bonds. The topological polar surface area (TPSA) is 26.0 Å².